The number of benzene rings is 2. The smallest absolute Gasteiger partial charge is 0.292 e. The van der Waals surface area contributed by atoms with Crippen molar-refractivity contribution in [2.75, 3.05) is 27.9 Å². The summed E-state index contributed by atoms with van der Waals surface area (Å²) in [6.45, 7) is 3.83. The average molecular weight is 417 g/mol. The summed E-state index contributed by atoms with van der Waals surface area (Å²) >= 11 is 5.38. The van der Waals surface area contributed by atoms with Gasteiger partial charge in [0, 0.05) is 5.56 Å². The van der Waals surface area contributed by atoms with E-state index in [0.29, 0.717) is 35.5 Å². The van der Waals surface area contributed by atoms with Crippen molar-refractivity contribution in [3.63, 3.8) is 0 Å². The van der Waals surface area contributed by atoms with Gasteiger partial charge in [-0.05, 0) is 49.5 Å². The van der Waals surface area contributed by atoms with Crippen molar-refractivity contribution in [1.82, 2.24) is 9.78 Å². The summed E-state index contributed by atoms with van der Waals surface area (Å²) in [6, 6.07) is 13.6. The maximum atomic E-state index is 5.74. The number of aromatic nitrogens is 2. The van der Waals surface area contributed by atoms with Gasteiger partial charge >= 0.3 is 0 Å². The zero-order valence-electron chi connectivity index (χ0n) is 17.1. The third kappa shape index (κ3) is 4.96. The lowest BCUT2D eigenvalue weighted by molar-refractivity contribution is -0.917. The SMILES string of the molecule is CCOc1ccccc1-c1nn(C[NH+](C)Cc2ccc(OC)c(OC)c2)c(=S)o1. The van der Waals surface area contributed by atoms with Crippen LogP contribution in [0.25, 0.3) is 11.5 Å². The van der Waals surface area contributed by atoms with Gasteiger partial charge in [0.25, 0.3) is 10.7 Å². The summed E-state index contributed by atoms with van der Waals surface area (Å²) < 4.78 is 23.8. The van der Waals surface area contributed by atoms with Gasteiger partial charge in [-0.1, -0.05) is 12.1 Å². The highest BCUT2D eigenvalue weighted by Gasteiger charge is 2.16. The first-order chi connectivity index (χ1) is 14.0. The van der Waals surface area contributed by atoms with Gasteiger partial charge in [0.05, 0.1) is 33.4 Å². The van der Waals surface area contributed by atoms with Crippen molar-refractivity contribution < 1.29 is 23.5 Å². The summed E-state index contributed by atoms with van der Waals surface area (Å²) in [5.41, 5.74) is 1.91. The van der Waals surface area contributed by atoms with E-state index in [4.69, 9.17) is 30.8 Å². The highest BCUT2D eigenvalue weighted by Crippen LogP contribution is 2.29. The minimum Gasteiger partial charge on any atom is -0.493 e. The number of hydrogen-bond donors (Lipinski definition) is 1. The van der Waals surface area contributed by atoms with Crippen LogP contribution in [0.3, 0.4) is 0 Å². The Hall–Kier alpha value is -2.84. The number of ether oxygens (including phenoxy) is 3. The van der Waals surface area contributed by atoms with Crippen LogP contribution in [0.4, 0.5) is 0 Å². The quantitative estimate of drug-likeness (QED) is 0.541. The molecule has 2 aromatic carbocycles. The van der Waals surface area contributed by atoms with Gasteiger partial charge in [-0.25, -0.2) is 0 Å². The molecule has 1 heterocycles. The summed E-state index contributed by atoms with van der Waals surface area (Å²) in [4.78, 5) is 1.52. The molecule has 0 aliphatic heterocycles. The molecule has 7 nitrogen and oxygen atoms in total. The Morgan fingerprint density at radius 2 is 1.83 bits per heavy atom. The van der Waals surface area contributed by atoms with Gasteiger partial charge in [0.15, 0.2) is 18.2 Å². The summed E-state index contributed by atoms with van der Waals surface area (Å²) in [5.74, 6) is 2.61. The van der Waals surface area contributed by atoms with Crippen LogP contribution in [0.5, 0.6) is 17.2 Å². The Balaban J connectivity index is 1.75. The molecule has 0 aliphatic carbocycles. The fraction of sp³-hybridized carbons (Fsp3) is 0.333. The predicted molar refractivity (Wildman–Crippen MR) is 112 cm³/mol. The lowest BCUT2D eigenvalue weighted by Crippen LogP contribution is -3.07. The molecule has 0 bridgehead atoms. The Bertz CT molecular complexity index is 1020. The molecule has 29 heavy (non-hydrogen) atoms. The Labute approximate surface area is 175 Å². The highest BCUT2D eigenvalue weighted by atomic mass is 32.1. The lowest BCUT2D eigenvalue weighted by atomic mass is 10.2. The molecule has 154 valence electrons. The molecule has 0 saturated heterocycles. The topological polar surface area (TPSA) is 63.1 Å². The van der Waals surface area contributed by atoms with Crippen molar-refractivity contribution in [2.24, 2.45) is 0 Å². The highest BCUT2D eigenvalue weighted by molar-refractivity contribution is 7.71. The minimum absolute atomic E-state index is 0.331. The first-order valence-electron chi connectivity index (χ1n) is 9.38. The molecule has 3 aromatic rings. The zero-order chi connectivity index (χ0) is 20.8. The summed E-state index contributed by atoms with van der Waals surface area (Å²) in [5, 5.41) is 4.57. The number of nitrogens with zero attached hydrogens (tertiary/aromatic N) is 2. The zero-order valence-corrected chi connectivity index (χ0v) is 17.9. The second-order valence-electron chi connectivity index (χ2n) is 6.58. The second kappa shape index (κ2) is 9.58. The maximum absolute atomic E-state index is 5.74. The number of methoxy groups -OCH3 is 2. The van der Waals surface area contributed by atoms with Crippen LogP contribution in [-0.2, 0) is 13.2 Å². The predicted octanol–water partition coefficient (Wildman–Crippen LogP) is 2.96. The molecule has 0 fully saturated rings. The van der Waals surface area contributed by atoms with Gasteiger partial charge in [-0.2, -0.15) is 4.68 Å². The normalized spacial score (nSPS) is 11.9. The third-order valence-corrected chi connectivity index (χ3v) is 4.69. The number of para-hydroxylation sites is 1. The number of hydrogen-bond acceptors (Lipinski definition) is 6. The fourth-order valence-electron chi connectivity index (χ4n) is 3.09. The van der Waals surface area contributed by atoms with E-state index in [1.54, 1.807) is 18.9 Å². The van der Waals surface area contributed by atoms with Crippen LogP contribution >= 0.6 is 12.2 Å². The van der Waals surface area contributed by atoms with Gasteiger partial charge in [0.1, 0.15) is 12.3 Å². The lowest BCUT2D eigenvalue weighted by Gasteiger charge is -2.15. The Morgan fingerprint density at radius 3 is 2.55 bits per heavy atom. The van der Waals surface area contributed by atoms with Crippen molar-refractivity contribution in [2.45, 2.75) is 20.1 Å². The van der Waals surface area contributed by atoms with Gasteiger partial charge in [-0.3, -0.25) is 0 Å². The van der Waals surface area contributed by atoms with E-state index in [0.717, 1.165) is 23.4 Å². The largest absolute Gasteiger partial charge is 0.493 e. The Kier molecular flexibility index (Phi) is 6.90. The van der Waals surface area contributed by atoms with Crippen LogP contribution in [0, 0.1) is 4.84 Å². The first kappa shape index (κ1) is 20.9. The van der Waals surface area contributed by atoms with Crippen LogP contribution in [0.15, 0.2) is 46.9 Å². The molecule has 1 N–H and O–H groups in total. The van der Waals surface area contributed by atoms with Crippen molar-refractivity contribution >= 4 is 12.2 Å². The molecule has 3 rings (SSSR count). The molecular weight excluding hydrogens is 390 g/mol. The van der Waals surface area contributed by atoms with Gasteiger partial charge < -0.3 is 23.5 Å². The number of quaternary nitrogens is 1. The van der Waals surface area contributed by atoms with Gasteiger partial charge in [-0.15, -0.1) is 5.10 Å². The maximum Gasteiger partial charge on any atom is 0.292 e. The van der Waals surface area contributed by atoms with Crippen molar-refractivity contribution in [1.29, 1.82) is 0 Å². The van der Waals surface area contributed by atoms with Crippen LogP contribution in [0.1, 0.15) is 12.5 Å². The number of nitrogens with one attached hydrogen (secondary N) is 1. The van der Waals surface area contributed by atoms with E-state index in [1.165, 1.54) is 4.90 Å². The molecule has 0 saturated carbocycles. The molecule has 0 spiro atoms. The first-order valence-corrected chi connectivity index (χ1v) is 9.78. The third-order valence-electron chi connectivity index (χ3n) is 4.40. The van der Waals surface area contributed by atoms with Gasteiger partial charge in [0.2, 0.25) is 0 Å². The molecule has 1 atom stereocenters. The van der Waals surface area contributed by atoms with Crippen LogP contribution < -0.4 is 19.1 Å². The summed E-state index contributed by atoms with van der Waals surface area (Å²) in [7, 11) is 5.33. The average Bonchev–Trinajstić information content (AvgIpc) is 3.08. The number of rotatable bonds is 9. The molecular formula is C21H26N3O4S+. The van der Waals surface area contributed by atoms with E-state index >= 15 is 0 Å². The van der Waals surface area contributed by atoms with Crippen LogP contribution in [-0.4, -0.2) is 37.7 Å². The standard InChI is InChI=1S/C21H25N3O4S/c1-5-27-17-9-7-6-8-16(17)20-22-24(21(29)28-20)14-23(2)13-15-10-11-18(25-3)19(12-15)26-4/h6-12H,5,13-14H2,1-4H3/p+1. The molecule has 1 aromatic heterocycles. The molecule has 1 unspecified atom stereocenters. The molecule has 0 amide bonds. The molecule has 0 radical (unpaired) electrons. The molecule has 0 aliphatic rings. The van der Waals surface area contributed by atoms with E-state index in [-0.39, 0.29) is 0 Å². The van der Waals surface area contributed by atoms with E-state index in [1.807, 2.05) is 49.4 Å². The molecule has 8 heteroatoms. The van der Waals surface area contributed by atoms with Crippen molar-refractivity contribution in [3.05, 3.63) is 52.9 Å². The minimum atomic E-state index is 0.331. The van der Waals surface area contributed by atoms with E-state index < -0.39 is 0 Å². The fourth-order valence-corrected chi connectivity index (χ4v) is 3.27. The van der Waals surface area contributed by atoms with E-state index in [2.05, 4.69) is 12.1 Å². The monoisotopic (exact) mass is 416 g/mol. The van der Waals surface area contributed by atoms with Crippen molar-refractivity contribution in [3.8, 4) is 28.7 Å². The second-order valence-corrected chi connectivity index (χ2v) is 6.93. The Morgan fingerprint density at radius 1 is 1.07 bits per heavy atom. The van der Waals surface area contributed by atoms with E-state index in [9.17, 15) is 0 Å². The summed E-state index contributed by atoms with van der Waals surface area (Å²) in [6.07, 6.45) is 0. The van der Waals surface area contributed by atoms with Crippen LogP contribution in [0.2, 0.25) is 0 Å².